The fraction of sp³-hybridized carbons (Fsp3) is 0.211. The van der Waals surface area contributed by atoms with Crippen LogP contribution < -0.4 is 5.32 Å². The fourth-order valence-electron chi connectivity index (χ4n) is 3.00. The van der Waals surface area contributed by atoms with E-state index in [2.05, 4.69) is 10.5 Å². The number of benzene rings is 2. The number of carbonyl (C=O) groups excluding carboxylic acids is 2. The van der Waals surface area contributed by atoms with E-state index in [1.54, 1.807) is 0 Å². The number of fused-ring (bicyclic) bond motifs is 1. The van der Waals surface area contributed by atoms with E-state index >= 15 is 0 Å². The van der Waals surface area contributed by atoms with Crippen LogP contribution in [0.2, 0.25) is 5.02 Å². The minimum atomic E-state index is -0.377. The molecule has 1 unspecified atom stereocenters. The van der Waals surface area contributed by atoms with Gasteiger partial charge < -0.3 is 4.52 Å². The Morgan fingerprint density at radius 3 is 2.58 bits per heavy atom. The number of hydrogen-bond donors (Lipinski definition) is 1. The molecule has 1 aliphatic rings. The Hall–Kier alpha value is -2.31. The van der Waals surface area contributed by atoms with Gasteiger partial charge in [-0.1, -0.05) is 46.7 Å². The van der Waals surface area contributed by atoms with E-state index in [1.807, 2.05) is 42.5 Å². The number of rotatable bonds is 5. The molecule has 0 radical (unpaired) electrons. The highest BCUT2D eigenvalue weighted by molar-refractivity contribution is 8.15. The highest BCUT2D eigenvalue weighted by atomic mass is 35.5. The van der Waals surface area contributed by atoms with Crippen molar-refractivity contribution in [1.29, 1.82) is 0 Å². The van der Waals surface area contributed by atoms with E-state index in [-0.39, 0.29) is 16.4 Å². The Morgan fingerprint density at radius 1 is 1.08 bits per heavy atom. The number of nitrogens with one attached hydrogen (secondary N) is 1. The summed E-state index contributed by atoms with van der Waals surface area (Å²) in [6, 6.07) is 13.5. The van der Waals surface area contributed by atoms with E-state index in [4.69, 9.17) is 16.1 Å². The van der Waals surface area contributed by atoms with Crippen molar-refractivity contribution in [3.8, 4) is 0 Å². The summed E-state index contributed by atoms with van der Waals surface area (Å²) in [7, 11) is 0. The van der Waals surface area contributed by atoms with Crippen LogP contribution in [0.4, 0.5) is 4.79 Å². The van der Waals surface area contributed by atoms with Gasteiger partial charge in [0.1, 0.15) is 0 Å². The van der Waals surface area contributed by atoms with Crippen molar-refractivity contribution in [1.82, 2.24) is 10.5 Å². The van der Waals surface area contributed by atoms with Crippen LogP contribution >= 0.6 is 23.4 Å². The average Bonchev–Trinajstić information content (AvgIpc) is 3.17. The first-order valence-electron chi connectivity index (χ1n) is 8.21. The molecule has 1 aromatic heterocycles. The predicted molar refractivity (Wildman–Crippen MR) is 101 cm³/mol. The summed E-state index contributed by atoms with van der Waals surface area (Å²) in [6.07, 6.45) is 2.08. The number of aryl methyl sites for hydroxylation is 2. The highest BCUT2D eigenvalue weighted by Crippen LogP contribution is 2.26. The highest BCUT2D eigenvalue weighted by Gasteiger charge is 2.31. The van der Waals surface area contributed by atoms with Gasteiger partial charge in [0.25, 0.3) is 5.24 Å². The molecule has 132 valence electrons. The first-order chi connectivity index (χ1) is 12.6. The standard InChI is InChI=1S/C19H15ClN2O3S/c20-13-5-1-11(2-6-13)3-7-15-14-9-12(4-8-16(14)25-22-15)10-17-18(23)21-19(24)26-17/h1-2,4-6,8-9,17H,3,7,10H2,(H,21,23,24). The van der Waals surface area contributed by atoms with Crippen LogP contribution in [0.25, 0.3) is 11.0 Å². The number of amides is 2. The summed E-state index contributed by atoms with van der Waals surface area (Å²) in [6.45, 7) is 0. The number of nitrogens with zero attached hydrogens (tertiary/aromatic N) is 1. The van der Waals surface area contributed by atoms with Crippen molar-refractivity contribution in [2.45, 2.75) is 24.5 Å². The van der Waals surface area contributed by atoms with E-state index in [9.17, 15) is 9.59 Å². The second-order valence-electron chi connectivity index (χ2n) is 6.17. The third-order valence-corrected chi connectivity index (χ3v) is 5.59. The molecule has 0 aliphatic carbocycles. The fourth-order valence-corrected chi connectivity index (χ4v) is 3.98. The maximum Gasteiger partial charge on any atom is 0.286 e. The molecule has 5 nitrogen and oxygen atoms in total. The van der Waals surface area contributed by atoms with Gasteiger partial charge in [-0.15, -0.1) is 0 Å². The summed E-state index contributed by atoms with van der Waals surface area (Å²) in [5, 5.41) is 7.52. The number of thioether (sulfide) groups is 1. The van der Waals surface area contributed by atoms with Gasteiger partial charge >= 0.3 is 0 Å². The smallest absolute Gasteiger partial charge is 0.286 e. The Bertz CT molecular complexity index is 984. The minimum absolute atomic E-state index is 0.228. The SMILES string of the molecule is O=C1NC(=O)C(Cc2ccc3onc(CCc4ccc(Cl)cc4)c3c2)S1. The van der Waals surface area contributed by atoms with Gasteiger partial charge in [0.2, 0.25) is 5.91 Å². The Kier molecular flexibility index (Phi) is 4.70. The molecule has 1 atom stereocenters. The zero-order chi connectivity index (χ0) is 18.1. The van der Waals surface area contributed by atoms with Gasteiger partial charge in [-0.25, -0.2) is 0 Å². The maximum atomic E-state index is 11.8. The number of carbonyl (C=O) groups is 2. The van der Waals surface area contributed by atoms with E-state index in [0.717, 1.165) is 51.9 Å². The van der Waals surface area contributed by atoms with Gasteiger partial charge in [-0.05, 0) is 54.7 Å². The van der Waals surface area contributed by atoms with Gasteiger partial charge in [-0.2, -0.15) is 0 Å². The van der Waals surface area contributed by atoms with Crippen molar-refractivity contribution in [3.05, 3.63) is 64.3 Å². The van der Waals surface area contributed by atoms with Crippen LogP contribution in [0.5, 0.6) is 0 Å². The van der Waals surface area contributed by atoms with Crippen LogP contribution in [0, 0.1) is 0 Å². The van der Waals surface area contributed by atoms with Crippen LogP contribution in [-0.2, 0) is 24.1 Å². The monoisotopic (exact) mass is 386 g/mol. The lowest BCUT2D eigenvalue weighted by atomic mass is 10.0. The van der Waals surface area contributed by atoms with E-state index < -0.39 is 0 Å². The van der Waals surface area contributed by atoms with Crippen molar-refractivity contribution in [2.75, 3.05) is 0 Å². The molecule has 0 saturated carbocycles. The summed E-state index contributed by atoms with van der Waals surface area (Å²) < 4.78 is 5.41. The number of hydrogen-bond acceptors (Lipinski definition) is 5. The number of halogens is 1. The quantitative estimate of drug-likeness (QED) is 0.712. The molecule has 7 heteroatoms. The van der Waals surface area contributed by atoms with Crippen LogP contribution in [0.1, 0.15) is 16.8 Å². The topological polar surface area (TPSA) is 72.2 Å². The van der Waals surface area contributed by atoms with Crippen LogP contribution in [0.3, 0.4) is 0 Å². The molecule has 2 amide bonds. The number of aromatic nitrogens is 1. The zero-order valence-electron chi connectivity index (χ0n) is 13.7. The molecule has 26 heavy (non-hydrogen) atoms. The first-order valence-corrected chi connectivity index (χ1v) is 9.47. The summed E-state index contributed by atoms with van der Waals surface area (Å²) >= 11 is 6.96. The van der Waals surface area contributed by atoms with Gasteiger partial charge in [0.05, 0.1) is 10.9 Å². The zero-order valence-corrected chi connectivity index (χ0v) is 15.3. The van der Waals surface area contributed by atoms with Crippen molar-refractivity contribution >= 4 is 45.5 Å². The molecule has 1 fully saturated rings. The first kappa shape index (κ1) is 17.1. The number of imide groups is 1. The predicted octanol–water partition coefficient (Wildman–Crippen LogP) is 4.16. The molecule has 4 rings (SSSR count). The molecule has 3 aromatic rings. The van der Waals surface area contributed by atoms with Crippen LogP contribution in [0.15, 0.2) is 47.0 Å². The molecule has 2 aromatic carbocycles. The van der Waals surface area contributed by atoms with Crippen molar-refractivity contribution < 1.29 is 14.1 Å². The lowest BCUT2D eigenvalue weighted by Crippen LogP contribution is -2.25. The molecular formula is C19H15ClN2O3S. The van der Waals surface area contributed by atoms with Gasteiger partial charge in [0.15, 0.2) is 5.58 Å². The normalized spacial score (nSPS) is 17.0. The summed E-state index contributed by atoms with van der Waals surface area (Å²) in [5.74, 6) is -0.228. The minimum Gasteiger partial charge on any atom is -0.356 e. The molecule has 1 saturated heterocycles. The van der Waals surface area contributed by atoms with Crippen LogP contribution in [-0.4, -0.2) is 21.6 Å². The van der Waals surface area contributed by atoms with Gasteiger partial charge in [-0.3, -0.25) is 14.9 Å². The maximum absolute atomic E-state index is 11.8. The lowest BCUT2D eigenvalue weighted by Gasteiger charge is -2.05. The Balaban J connectivity index is 1.51. The molecular weight excluding hydrogens is 372 g/mol. The molecule has 1 N–H and O–H groups in total. The average molecular weight is 387 g/mol. The molecule has 0 spiro atoms. The second kappa shape index (κ2) is 7.13. The van der Waals surface area contributed by atoms with Gasteiger partial charge in [0, 0.05) is 10.4 Å². The van der Waals surface area contributed by atoms with E-state index in [0.29, 0.717) is 6.42 Å². The summed E-state index contributed by atoms with van der Waals surface area (Å²) in [4.78, 5) is 23.1. The largest absolute Gasteiger partial charge is 0.356 e. The Labute approximate surface area is 159 Å². The summed E-state index contributed by atoms with van der Waals surface area (Å²) in [5.41, 5.74) is 3.77. The second-order valence-corrected chi connectivity index (χ2v) is 7.79. The molecule has 0 bridgehead atoms. The van der Waals surface area contributed by atoms with Crippen molar-refractivity contribution in [2.24, 2.45) is 0 Å². The molecule has 1 aliphatic heterocycles. The van der Waals surface area contributed by atoms with E-state index in [1.165, 1.54) is 5.56 Å². The third-order valence-electron chi connectivity index (χ3n) is 4.36. The van der Waals surface area contributed by atoms with Crippen molar-refractivity contribution in [3.63, 3.8) is 0 Å². The molecule has 2 heterocycles. The lowest BCUT2D eigenvalue weighted by molar-refractivity contribution is -0.118. The third kappa shape index (κ3) is 3.61. The Morgan fingerprint density at radius 2 is 1.85 bits per heavy atom.